The first-order valence-corrected chi connectivity index (χ1v) is 7.04. The zero-order valence-corrected chi connectivity index (χ0v) is 12.8. The fourth-order valence-corrected chi connectivity index (χ4v) is 1.69. The van der Waals surface area contributed by atoms with Crippen LogP contribution in [0.5, 0.6) is 0 Å². The van der Waals surface area contributed by atoms with Gasteiger partial charge in [-0.3, -0.25) is 10.1 Å². The lowest BCUT2D eigenvalue weighted by Gasteiger charge is -2.22. The number of hydrogen-bond donors (Lipinski definition) is 2. The number of non-ortho nitro benzene ring substituents is 1. The van der Waals surface area contributed by atoms with Gasteiger partial charge in [-0.25, -0.2) is 0 Å². The summed E-state index contributed by atoms with van der Waals surface area (Å²) in [6.45, 7) is 7.30. The Morgan fingerprint density at radius 1 is 1.33 bits per heavy atom. The minimum atomic E-state index is -0.541. The van der Waals surface area contributed by atoms with E-state index in [9.17, 15) is 15.2 Å². The summed E-state index contributed by atoms with van der Waals surface area (Å²) in [5, 5.41) is 23.4. The Labute approximate surface area is 125 Å². The minimum Gasteiger partial charge on any atom is -0.389 e. The third kappa shape index (κ3) is 7.75. The zero-order valence-electron chi connectivity index (χ0n) is 12.8. The third-order valence-electron chi connectivity index (χ3n) is 2.83. The Hall–Kier alpha value is -1.50. The summed E-state index contributed by atoms with van der Waals surface area (Å²) in [5.41, 5.74) is 0.870. The van der Waals surface area contributed by atoms with Gasteiger partial charge in [0.2, 0.25) is 0 Å². The summed E-state index contributed by atoms with van der Waals surface area (Å²) in [4.78, 5) is 10.1. The molecule has 0 aliphatic heterocycles. The lowest BCUT2D eigenvalue weighted by molar-refractivity contribution is -0.384. The molecule has 0 radical (unpaired) electrons. The van der Waals surface area contributed by atoms with Gasteiger partial charge in [0.05, 0.1) is 23.2 Å². The van der Waals surface area contributed by atoms with E-state index in [2.05, 4.69) is 5.32 Å². The molecule has 0 saturated heterocycles. The first kappa shape index (κ1) is 17.6. The molecule has 0 aliphatic rings. The summed E-state index contributed by atoms with van der Waals surface area (Å²) in [5.74, 6) is 0. The van der Waals surface area contributed by atoms with Crippen molar-refractivity contribution < 1.29 is 14.8 Å². The van der Waals surface area contributed by atoms with Crippen LogP contribution < -0.4 is 5.32 Å². The summed E-state index contributed by atoms with van der Waals surface area (Å²) in [6, 6.07) is 6.50. The third-order valence-corrected chi connectivity index (χ3v) is 2.83. The summed E-state index contributed by atoms with van der Waals surface area (Å²) < 4.78 is 5.49. The van der Waals surface area contributed by atoms with Crippen LogP contribution in [0.15, 0.2) is 24.3 Å². The van der Waals surface area contributed by atoms with Crippen LogP contribution in [0.3, 0.4) is 0 Å². The van der Waals surface area contributed by atoms with E-state index < -0.39 is 11.0 Å². The van der Waals surface area contributed by atoms with Crippen molar-refractivity contribution in [1.82, 2.24) is 5.32 Å². The molecule has 0 bridgehead atoms. The van der Waals surface area contributed by atoms with Gasteiger partial charge in [-0.05, 0) is 39.3 Å². The Balaban J connectivity index is 2.20. The Bertz CT molecular complexity index is 440. The van der Waals surface area contributed by atoms with Gasteiger partial charge in [0, 0.05) is 18.7 Å². The van der Waals surface area contributed by atoms with E-state index in [-0.39, 0.29) is 11.3 Å². The minimum absolute atomic E-state index is 0.0986. The highest BCUT2D eigenvalue weighted by atomic mass is 16.6. The van der Waals surface area contributed by atoms with Crippen LogP contribution in [-0.4, -0.2) is 41.4 Å². The molecule has 0 aromatic heterocycles. The number of nitro benzene ring substituents is 1. The molecule has 0 amide bonds. The first-order valence-electron chi connectivity index (χ1n) is 7.04. The molecule has 2 N–H and O–H groups in total. The van der Waals surface area contributed by atoms with E-state index in [1.54, 1.807) is 12.1 Å². The van der Waals surface area contributed by atoms with Crippen LogP contribution in [0.25, 0.3) is 0 Å². The molecule has 1 aromatic carbocycles. The molecule has 1 aromatic rings. The predicted octanol–water partition coefficient (Wildman–Crippen LogP) is 1.90. The SMILES string of the molecule is CC(C)(C)OCC(O)CNCCc1ccc([N+](=O)[O-])cc1. The highest BCUT2D eigenvalue weighted by Crippen LogP contribution is 2.12. The van der Waals surface area contributed by atoms with Crippen molar-refractivity contribution in [3.63, 3.8) is 0 Å². The van der Waals surface area contributed by atoms with Crippen molar-refractivity contribution in [3.8, 4) is 0 Å². The Kier molecular flexibility index (Phi) is 6.74. The van der Waals surface area contributed by atoms with E-state index >= 15 is 0 Å². The average Bonchev–Trinajstić information content (AvgIpc) is 2.41. The molecule has 0 aliphatic carbocycles. The molecule has 0 fully saturated rings. The lowest BCUT2D eigenvalue weighted by Crippen LogP contribution is -2.34. The van der Waals surface area contributed by atoms with Crippen LogP contribution in [-0.2, 0) is 11.2 Å². The lowest BCUT2D eigenvalue weighted by atomic mass is 10.1. The quantitative estimate of drug-likeness (QED) is 0.435. The second-order valence-corrected chi connectivity index (χ2v) is 5.95. The van der Waals surface area contributed by atoms with Gasteiger partial charge >= 0.3 is 0 Å². The fraction of sp³-hybridized carbons (Fsp3) is 0.600. The fourth-order valence-electron chi connectivity index (χ4n) is 1.69. The number of rotatable bonds is 8. The van der Waals surface area contributed by atoms with E-state index in [0.717, 1.165) is 12.0 Å². The Morgan fingerprint density at radius 2 is 1.95 bits per heavy atom. The predicted molar refractivity (Wildman–Crippen MR) is 81.4 cm³/mol. The highest BCUT2D eigenvalue weighted by Gasteiger charge is 2.13. The first-order chi connectivity index (χ1) is 9.78. The molecule has 118 valence electrons. The van der Waals surface area contributed by atoms with Crippen LogP contribution >= 0.6 is 0 Å². The number of nitro groups is 1. The van der Waals surface area contributed by atoms with Crippen LogP contribution in [0.1, 0.15) is 26.3 Å². The maximum Gasteiger partial charge on any atom is 0.269 e. The molecule has 0 spiro atoms. The van der Waals surface area contributed by atoms with Gasteiger partial charge in [-0.15, -0.1) is 0 Å². The van der Waals surface area contributed by atoms with Gasteiger partial charge in [0.1, 0.15) is 0 Å². The van der Waals surface area contributed by atoms with Crippen LogP contribution in [0, 0.1) is 10.1 Å². The monoisotopic (exact) mass is 296 g/mol. The molecule has 6 nitrogen and oxygen atoms in total. The second-order valence-electron chi connectivity index (χ2n) is 5.95. The number of aliphatic hydroxyl groups excluding tert-OH is 1. The molecule has 0 heterocycles. The van der Waals surface area contributed by atoms with Crippen molar-refractivity contribution in [2.75, 3.05) is 19.7 Å². The number of aliphatic hydroxyl groups is 1. The number of benzene rings is 1. The molecule has 0 saturated carbocycles. The van der Waals surface area contributed by atoms with Gasteiger partial charge in [-0.1, -0.05) is 12.1 Å². The molecular formula is C15H24N2O4. The zero-order chi connectivity index (χ0) is 15.9. The molecule has 1 atom stereocenters. The normalized spacial score (nSPS) is 13.1. The molecular weight excluding hydrogens is 272 g/mol. The van der Waals surface area contributed by atoms with E-state index in [4.69, 9.17) is 4.74 Å². The number of nitrogens with one attached hydrogen (secondary N) is 1. The maximum atomic E-state index is 10.5. The molecule has 6 heteroatoms. The smallest absolute Gasteiger partial charge is 0.269 e. The van der Waals surface area contributed by atoms with Crippen molar-refractivity contribution in [2.45, 2.75) is 38.9 Å². The standard InChI is InChI=1S/C15H24N2O4/c1-15(2,3)21-11-14(18)10-16-9-8-12-4-6-13(7-5-12)17(19)20/h4-7,14,16,18H,8-11H2,1-3H3. The molecule has 1 rings (SSSR count). The van der Waals surface area contributed by atoms with Crippen molar-refractivity contribution >= 4 is 5.69 Å². The topological polar surface area (TPSA) is 84.6 Å². The maximum absolute atomic E-state index is 10.5. The largest absolute Gasteiger partial charge is 0.389 e. The van der Waals surface area contributed by atoms with Crippen molar-refractivity contribution in [1.29, 1.82) is 0 Å². The highest BCUT2D eigenvalue weighted by molar-refractivity contribution is 5.32. The Morgan fingerprint density at radius 3 is 2.48 bits per heavy atom. The summed E-state index contributed by atoms with van der Waals surface area (Å²) >= 11 is 0. The number of nitrogens with zero attached hydrogens (tertiary/aromatic N) is 1. The van der Waals surface area contributed by atoms with Gasteiger partial charge in [0.15, 0.2) is 0 Å². The van der Waals surface area contributed by atoms with Gasteiger partial charge in [-0.2, -0.15) is 0 Å². The summed E-state index contributed by atoms with van der Waals surface area (Å²) in [7, 11) is 0. The van der Waals surface area contributed by atoms with Gasteiger partial charge < -0.3 is 15.2 Å². The van der Waals surface area contributed by atoms with Crippen molar-refractivity contribution in [3.05, 3.63) is 39.9 Å². The van der Waals surface area contributed by atoms with E-state index in [0.29, 0.717) is 19.7 Å². The molecule has 1 unspecified atom stereocenters. The van der Waals surface area contributed by atoms with E-state index in [1.165, 1.54) is 12.1 Å². The number of ether oxygens (including phenoxy) is 1. The van der Waals surface area contributed by atoms with E-state index in [1.807, 2.05) is 20.8 Å². The molecule has 21 heavy (non-hydrogen) atoms. The van der Waals surface area contributed by atoms with Crippen LogP contribution in [0.2, 0.25) is 0 Å². The van der Waals surface area contributed by atoms with Crippen LogP contribution in [0.4, 0.5) is 5.69 Å². The number of hydrogen-bond acceptors (Lipinski definition) is 5. The summed E-state index contributed by atoms with van der Waals surface area (Å²) in [6.07, 6.45) is 0.214. The average molecular weight is 296 g/mol. The second kappa shape index (κ2) is 8.07. The van der Waals surface area contributed by atoms with Gasteiger partial charge in [0.25, 0.3) is 5.69 Å². The van der Waals surface area contributed by atoms with Crippen molar-refractivity contribution in [2.24, 2.45) is 0 Å².